The normalized spacial score (nSPS) is 9.30. The maximum absolute atomic E-state index is 10.3. The summed E-state index contributed by atoms with van der Waals surface area (Å²) in [5.74, 6) is 0. The predicted molar refractivity (Wildman–Crippen MR) is 39.8 cm³/mol. The molecule has 0 saturated heterocycles. The molecule has 0 N–H and O–H groups in total. The van der Waals surface area contributed by atoms with E-state index in [0.29, 0.717) is 16.7 Å². The van der Waals surface area contributed by atoms with Gasteiger partial charge in [-0.25, -0.2) is 0 Å². The van der Waals surface area contributed by atoms with E-state index in [1.54, 1.807) is 5.38 Å². The average molecular weight is 154 g/mol. The summed E-state index contributed by atoms with van der Waals surface area (Å²) in [6, 6.07) is 0. The number of aryl methyl sites for hydroxylation is 1. The van der Waals surface area contributed by atoms with Crippen LogP contribution in [0.25, 0.3) is 0 Å². The van der Waals surface area contributed by atoms with E-state index in [0.717, 1.165) is 11.8 Å². The molecule has 1 rings (SSSR count). The molecule has 0 unspecified atom stereocenters. The SMILES string of the molecule is Cc1csc(C=O)c1C=O. The van der Waals surface area contributed by atoms with Gasteiger partial charge in [0.2, 0.25) is 0 Å². The van der Waals surface area contributed by atoms with Crippen LogP contribution in [-0.2, 0) is 0 Å². The molecule has 0 atom stereocenters. The molecule has 0 bridgehead atoms. The Hall–Kier alpha value is -0.960. The number of carbonyl (C=O) groups excluding carboxylic acids is 2. The van der Waals surface area contributed by atoms with E-state index in [4.69, 9.17) is 0 Å². The second-order valence-electron chi connectivity index (χ2n) is 1.93. The molecule has 10 heavy (non-hydrogen) atoms. The molecule has 52 valence electrons. The van der Waals surface area contributed by atoms with Gasteiger partial charge in [0.15, 0.2) is 12.6 Å². The molecule has 0 saturated carbocycles. The van der Waals surface area contributed by atoms with E-state index in [1.165, 1.54) is 11.3 Å². The molecule has 1 aromatic rings. The van der Waals surface area contributed by atoms with Crippen molar-refractivity contribution in [2.45, 2.75) is 6.92 Å². The van der Waals surface area contributed by atoms with Crippen molar-refractivity contribution in [1.82, 2.24) is 0 Å². The third-order valence-corrected chi connectivity index (χ3v) is 2.32. The van der Waals surface area contributed by atoms with Crippen LogP contribution < -0.4 is 0 Å². The quantitative estimate of drug-likeness (QED) is 0.607. The highest BCUT2D eigenvalue weighted by atomic mass is 32.1. The van der Waals surface area contributed by atoms with Crippen LogP contribution in [0.1, 0.15) is 25.6 Å². The van der Waals surface area contributed by atoms with E-state index in [2.05, 4.69) is 0 Å². The summed E-state index contributed by atoms with van der Waals surface area (Å²) in [7, 11) is 0. The van der Waals surface area contributed by atoms with Crippen molar-refractivity contribution in [1.29, 1.82) is 0 Å². The van der Waals surface area contributed by atoms with Crippen LogP contribution in [0, 0.1) is 6.92 Å². The predicted octanol–water partition coefficient (Wildman–Crippen LogP) is 1.68. The van der Waals surface area contributed by atoms with E-state index < -0.39 is 0 Å². The zero-order valence-corrected chi connectivity index (χ0v) is 6.27. The first-order valence-electron chi connectivity index (χ1n) is 2.78. The van der Waals surface area contributed by atoms with Crippen molar-refractivity contribution < 1.29 is 9.59 Å². The minimum atomic E-state index is 0.521. The Kier molecular flexibility index (Phi) is 1.97. The summed E-state index contributed by atoms with van der Waals surface area (Å²) in [5, 5.41) is 1.80. The molecule has 0 radical (unpaired) electrons. The fraction of sp³-hybridized carbons (Fsp3) is 0.143. The zero-order valence-electron chi connectivity index (χ0n) is 5.46. The molecule has 0 spiro atoms. The van der Waals surface area contributed by atoms with E-state index in [9.17, 15) is 9.59 Å². The van der Waals surface area contributed by atoms with Crippen molar-refractivity contribution in [2.75, 3.05) is 0 Å². The van der Waals surface area contributed by atoms with Crippen molar-refractivity contribution in [2.24, 2.45) is 0 Å². The van der Waals surface area contributed by atoms with Gasteiger partial charge in [0.05, 0.1) is 4.88 Å². The van der Waals surface area contributed by atoms with Crippen LogP contribution in [0.3, 0.4) is 0 Å². The Morgan fingerprint density at radius 1 is 1.40 bits per heavy atom. The van der Waals surface area contributed by atoms with Crippen LogP contribution in [0.4, 0.5) is 0 Å². The number of hydrogen-bond donors (Lipinski definition) is 0. The molecular formula is C7H6O2S. The van der Waals surface area contributed by atoms with Crippen LogP contribution in [0.5, 0.6) is 0 Å². The maximum atomic E-state index is 10.3. The lowest BCUT2D eigenvalue weighted by atomic mass is 10.2. The number of aldehydes is 2. The third kappa shape index (κ3) is 0.998. The fourth-order valence-corrected chi connectivity index (χ4v) is 1.54. The van der Waals surface area contributed by atoms with Crippen molar-refractivity contribution in [3.63, 3.8) is 0 Å². The van der Waals surface area contributed by atoms with E-state index in [1.807, 2.05) is 6.92 Å². The summed E-state index contributed by atoms with van der Waals surface area (Å²) in [6.45, 7) is 1.81. The molecule has 1 heterocycles. The molecule has 0 amide bonds. The summed E-state index contributed by atoms with van der Waals surface area (Å²) in [4.78, 5) is 21.1. The Balaban J connectivity index is 3.25. The second kappa shape index (κ2) is 2.75. The summed E-state index contributed by atoms with van der Waals surface area (Å²) in [6.07, 6.45) is 1.43. The van der Waals surface area contributed by atoms with Gasteiger partial charge in [0, 0.05) is 5.56 Å². The number of carbonyl (C=O) groups is 2. The topological polar surface area (TPSA) is 34.1 Å². The molecule has 0 aliphatic rings. The lowest BCUT2D eigenvalue weighted by Crippen LogP contribution is -1.84. The monoisotopic (exact) mass is 154 g/mol. The highest BCUT2D eigenvalue weighted by Crippen LogP contribution is 2.17. The van der Waals surface area contributed by atoms with Crippen LogP contribution in [0.15, 0.2) is 5.38 Å². The summed E-state index contributed by atoms with van der Waals surface area (Å²) < 4.78 is 0. The lowest BCUT2D eigenvalue weighted by Gasteiger charge is -1.84. The third-order valence-electron chi connectivity index (χ3n) is 1.28. The van der Waals surface area contributed by atoms with Gasteiger partial charge in [-0.2, -0.15) is 0 Å². The van der Waals surface area contributed by atoms with Gasteiger partial charge in [-0.15, -0.1) is 11.3 Å². The van der Waals surface area contributed by atoms with Gasteiger partial charge in [0.25, 0.3) is 0 Å². The maximum Gasteiger partial charge on any atom is 0.160 e. The number of rotatable bonds is 2. The molecule has 2 nitrogen and oxygen atoms in total. The van der Waals surface area contributed by atoms with Gasteiger partial charge in [-0.05, 0) is 17.9 Å². The van der Waals surface area contributed by atoms with Gasteiger partial charge in [0.1, 0.15) is 0 Å². The molecule has 0 aromatic carbocycles. The lowest BCUT2D eigenvalue weighted by molar-refractivity contribution is 0.109. The minimum absolute atomic E-state index is 0.521. The fourth-order valence-electron chi connectivity index (χ4n) is 0.715. The van der Waals surface area contributed by atoms with Crippen LogP contribution in [0.2, 0.25) is 0 Å². The number of hydrogen-bond acceptors (Lipinski definition) is 3. The average Bonchev–Trinajstić information content (AvgIpc) is 2.30. The molecule has 1 aromatic heterocycles. The number of thiophene rings is 1. The molecular weight excluding hydrogens is 148 g/mol. The van der Waals surface area contributed by atoms with Gasteiger partial charge in [-0.1, -0.05) is 0 Å². The first kappa shape index (κ1) is 7.15. The smallest absolute Gasteiger partial charge is 0.160 e. The van der Waals surface area contributed by atoms with Crippen LogP contribution in [-0.4, -0.2) is 12.6 Å². The minimum Gasteiger partial charge on any atom is -0.298 e. The Morgan fingerprint density at radius 3 is 2.50 bits per heavy atom. The van der Waals surface area contributed by atoms with E-state index in [-0.39, 0.29) is 0 Å². The second-order valence-corrected chi connectivity index (χ2v) is 2.84. The molecule has 0 aliphatic heterocycles. The highest BCUT2D eigenvalue weighted by molar-refractivity contribution is 7.12. The zero-order chi connectivity index (χ0) is 7.56. The van der Waals surface area contributed by atoms with Gasteiger partial charge >= 0.3 is 0 Å². The summed E-state index contributed by atoms with van der Waals surface area (Å²) >= 11 is 1.30. The van der Waals surface area contributed by atoms with Gasteiger partial charge < -0.3 is 0 Å². The molecule has 0 aliphatic carbocycles. The molecule has 3 heteroatoms. The Bertz CT molecular complexity index is 263. The largest absolute Gasteiger partial charge is 0.298 e. The van der Waals surface area contributed by atoms with Gasteiger partial charge in [-0.3, -0.25) is 9.59 Å². The first-order chi connectivity index (χ1) is 4.79. The van der Waals surface area contributed by atoms with Crippen molar-refractivity contribution in [3.8, 4) is 0 Å². The highest BCUT2D eigenvalue weighted by Gasteiger charge is 2.04. The van der Waals surface area contributed by atoms with Crippen LogP contribution >= 0.6 is 11.3 Å². The Labute approximate surface area is 62.5 Å². The Morgan fingerprint density at radius 2 is 2.10 bits per heavy atom. The molecule has 0 fully saturated rings. The van der Waals surface area contributed by atoms with Crippen molar-refractivity contribution >= 4 is 23.9 Å². The standard InChI is InChI=1S/C7H6O2S/c1-5-4-10-7(3-9)6(5)2-8/h2-4H,1H3. The first-order valence-corrected chi connectivity index (χ1v) is 3.66. The van der Waals surface area contributed by atoms with E-state index >= 15 is 0 Å². The van der Waals surface area contributed by atoms with Crippen molar-refractivity contribution in [3.05, 3.63) is 21.4 Å². The summed E-state index contributed by atoms with van der Waals surface area (Å²) in [5.41, 5.74) is 1.40.